The zero-order chi connectivity index (χ0) is 15.0. The van der Waals surface area contributed by atoms with E-state index in [0.29, 0.717) is 19.1 Å². The van der Waals surface area contributed by atoms with Gasteiger partial charge < -0.3 is 4.90 Å². The Hall–Kier alpha value is -1.81. The molecule has 1 unspecified atom stereocenters. The molecule has 0 bridgehead atoms. The number of piperazine rings is 1. The van der Waals surface area contributed by atoms with Crippen molar-refractivity contribution in [2.24, 2.45) is 0 Å². The smallest absolute Gasteiger partial charge is 0.353 e. The van der Waals surface area contributed by atoms with Crippen molar-refractivity contribution < 1.29 is 13.2 Å². The molecule has 3 rings (SSSR count). The molecule has 3 heterocycles. The molecule has 2 aliphatic heterocycles. The van der Waals surface area contributed by atoms with Gasteiger partial charge in [-0.3, -0.25) is 4.90 Å². The molecule has 0 spiro atoms. The fourth-order valence-electron chi connectivity index (χ4n) is 3.12. The lowest BCUT2D eigenvalue weighted by atomic mass is 10.1. The van der Waals surface area contributed by atoms with Gasteiger partial charge in [0, 0.05) is 25.7 Å². The van der Waals surface area contributed by atoms with Crippen molar-refractivity contribution in [3.8, 4) is 6.07 Å². The van der Waals surface area contributed by atoms with Gasteiger partial charge in [-0.15, -0.1) is 0 Å². The van der Waals surface area contributed by atoms with E-state index in [9.17, 15) is 13.2 Å². The van der Waals surface area contributed by atoms with E-state index in [1.165, 1.54) is 6.07 Å². The van der Waals surface area contributed by atoms with E-state index in [1.54, 1.807) is 0 Å². The SMILES string of the molecule is N#Cc1ccc(C(F)(F)F)nc1N1CCN2CCCC2C1. The summed E-state index contributed by atoms with van der Waals surface area (Å²) in [6, 6.07) is 4.39. The number of rotatable bonds is 1. The molecule has 0 radical (unpaired) electrons. The molecule has 21 heavy (non-hydrogen) atoms. The Labute approximate surface area is 120 Å². The van der Waals surface area contributed by atoms with Crippen LogP contribution in [0.15, 0.2) is 12.1 Å². The molecular weight excluding hydrogens is 281 g/mol. The molecule has 2 saturated heterocycles. The molecule has 0 aliphatic carbocycles. The molecule has 0 saturated carbocycles. The van der Waals surface area contributed by atoms with Gasteiger partial charge in [0.2, 0.25) is 0 Å². The van der Waals surface area contributed by atoms with Crippen molar-refractivity contribution >= 4 is 5.82 Å². The maximum atomic E-state index is 12.8. The van der Waals surface area contributed by atoms with Crippen molar-refractivity contribution in [3.63, 3.8) is 0 Å². The van der Waals surface area contributed by atoms with E-state index in [4.69, 9.17) is 5.26 Å². The summed E-state index contributed by atoms with van der Waals surface area (Å²) in [6.07, 6.45) is -2.31. The number of hydrogen-bond donors (Lipinski definition) is 0. The van der Waals surface area contributed by atoms with Crippen LogP contribution in [0.25, 0.3) is 0 Å². The number of alkyl halides is 3. The van der Waals surface area contributed by atoms with Crippen LogP contribution in [0, 0.1) is 11.3 Å². The van der Waals surface area contributed by atoms with Crippen LogP contribution < -0.4 is 4.90 Å². The Morgan fingerprint density at radius 1 is 1.24 bits per heavy atom. The van der Waals surface area contributed by atoms with Crippen LogP contribution in [0.5, 0.6) is 0 Å². The number of nitriles is 1. The summed E-state index contributed by atoms with van der Waals surface area (Å²) in [6.45, 7) is 3.12. The predicted octanol–water partition coefficient (Wildman–Crippen LogP) is 2.26. The van der Waals surface area contributed by atoms with E-state index in [2.05, 4.69) is 9.88 Å². The number of nitrogens with zero attached hydrogens (tertiary/aromatic N) is 4. The summed E-state index contributed by atoms with van der Waals surface area (Å²) in [5.74, 6) is 0.166. The number of anilines is 1. The number of aromatic nitrogens is 1. The average Bonchev–Trinajstić information content (AvgIpc) is 2.93. The first-order valence-corrected chi connectivity index (χ1v) is 6.96. The average molecular weight is 296 g/mol. The minimum Gasteiger partial charge on any atom is -0.353 e. The van der Waals surface area contributed by atoms with Crippen LogP contribution in [0.1, 0.15) is 24.1 Å². The van der Waals surface area contributed by atoms with Gasteiger partial charge in [0.1, 0.15) is 17.6 Å². The van der Waals surface area contributed by atoms with Gasteiger partial charge >= 0.3 is 6.18 Å². The van der Waals surface area contributed by atoms with E-state index >= 15 is 0 Å². The Morgan fingerprint density at radius 2 is 2.05 bits per heavy atom. The fraction of sp³-hybridized carbons (Fsp3) is 0.571. The maximum absolute atomic E-state index is 12.8. The highest BCUT2D eigenvalue weighted by atomic mass is 19.4. The second kappa shape index (κ2) is 5.19. The molecule has 0 amide bonds. The highest BCUT2D eigenvalue weighted by Gasteiger charge is 2.35. The van der Waals surface area contributed by atoms with Crippen molar-refractivity contribution in [2.75, 3.05) is 31.1 Å². The molecule has 0 aromatic carbocycles. The third-order valence-electron chi connectivity index (χ3n) is 4.17. The minimum absolute atomic E-state index is 0.166. The first-order valence-electron chi connectivity index (χ1n) is 6.96. The summed E-state index contributed by atoms with van der Waals surface area (Å²) < 4.78 is 38.4. The van der Waals surface area contributed by atoms with Gasteiger partial charge in [-0.1, -0.05) is 0 Å². The molecule has 1 aromatic heterocycles. The number of halogens is 3. The van der Waals surface area contributed by atoms with Gasteiger partial charge in [0.05, 0.1) is 5.56 Å². The first kappa shape index (κ1) is 14.1. The molecule has 1 aromatic rings. The number of fused-ring (bicyclic) bond motifs is 1. The predicted molar refractivity (Wildman–Crippen MR) is 70.8 cm³/mol. The number of hydrogen-bond acceptors (Lipinski definition) is 4. The number of pyridine rings is 1. The largest absolute Gasteiger partial charge is 0.433 e. The lowest BCUT2D eigenvalue weighted by Gasteiger charge is -2.38. The second-order valence-corrected chi connectivity index (χ2v) is 5.46. The summed E-state index contributed by atoms with van der Waals surface area (Å²) in [5, 5.41) is 9.12. The monoisotopic (exact) mass is 296 g/mol. The van der Waals surface area contributed by atoms with Crippen LogP contribution in [0.4, 0.5) is 19.0 Å². The molecular formula is C14H15F3N4. The Balaban J connectivity index is 1.91. The summed E-state index contributed by atoms with van der Waals surface area (Å²) in [5.41, 5.74) is -0.736. The van der Waals surface area contributed by atoms with Crippen molar-refractivity contribution in [1.82, 2.24) is 9.88 Å². The van der Waals surface area contributed by atoms with Crippen LogP contribution in [0.3, 0.4) is 0 Å². The third-order valence-corrected chi connectivity index (χ3v) is 4.17. The molecule has 112 valence electrons. The van der Waals surface area contributed by atoms with Crippen molar-refractivity contribution in [3.05, 3.63) is 23.4 Å². The van der Waals surface area contributed by atoms with E-state index in [-0.39, 0.29) is 11.4 Å². The highest BCUT2D eigenvalue weighted by Crippen LogP contribution is 2.32. The Morgan fingerprint density at radius 3 is 2.76 bits per heavy atom. The van der Waals surface area contributed by atoms with Crippen molar-refractivity contribution in [2.45, 2.75) is 25.1 Å². The van der Waals surface area contributed by atoms with E-state index in [0.717, 1.165) is 32.0 Å². The minimum atomic E-state index is -4.49. The normalized spacial score (nSPS) is 23.0. The van der Waals surface area contributed by atoms with Crippen LogP contribution >= 0.6 is 0 Å². The molecule has 4 nitrogen and oxygen atoms in total. The van der Waals surface area contributed by atoms with Crippen LogP contribution in [0.2, 0.25) is 0 Å². The standard InChI is InChI=1S/C14H15F3N4/c15-14(16,17)12-4-3-10(8-18)13(19-12)21-7-6-20-5-1-2-11(20)9-21/h3-4,11H,1-2,5-7,9H2. The quantitative estimate of drug-likeness (QED) is 0.797. The maximum Gasteiger partial charge on any atom is 0.433 e. The van der Waals surface area contributed by atoms with Crippen molar-refractivity contribution in [1.29, 1.82) is 5.26 Å². The lowest BCUT2D eigenvalue weighted by molar-refractivity contribution is -0.141. The molecule has 0 N–H and O–H groups in total. The lowest BCUT2D eigenvalue weighted by Crippen LogP contribution is -2.50. The van der Waals surface area contributed by atoms with Gasteiger partial charge in [-0.05, 0) is 31.5 Å². The third kappa shape index (κ3) is 2.68. The second-order valence-electron chi connectivity index (χ2n) is 5.46. The summed E-state index contributed by atoms with van der Waals surface area (Å²) >= 11 is 0. The van der Waals surface area contributed by atoms with Crippen LogP contribution in [-0.4, -0.2) is 42.1 Å². The van der Waals surface area contributed by atoms with Crippen LogP contribution in [-0.2, 0) is 6.18 Å². The van der Waals surface area contributed by atoms with Gasteiger partial charge in [-0.2, -0.15) is 18.4 Å². The summed E-state index contributed by atoms with van der Waals surface area (Å²) in [7, 11) is 0. The molecule has 2 aliphatic rings. The van der Waals surface area contributed by atoms with Gasteiger partial charge in [0.25, 0.3) is 0 Å². The molecule has 2 fully saturated rings. The topological polar surface area (TPSA) is 43.2 Å². The highest BCUT2D eigenvalue weighted by molar-refractivity contribution is 5.55. The first-order chi connectivity index (χ1) is 9.99. The molecule has 7 heteroatoms. The Kier molecular flexibility index (Phi) is 3.49. The zero-order valence-electron chi connectivity index (χ0n) is 11.4. The Bertz CT molecular complexity index is 579. The zero-order valence-corrected chi connectivity index (χ0v) is 11.4. The fourth-order valence-corrected chi connectivity index (χ4v) is 3.12. The van der Waals surface area contributed by atoms with Gasteiger partial charge in [0.15, 0.2) is 0 Å². The van der Waals surface area contributed by atoms with E-state index in [1.807, 2.05) is 11.0 Å². The summed E-state index contributed by atoms with van der Waals surface area (Å²) in [4.78, 5) is 7.89. The van der Waals surface area contributed by atoms with Gasteiger partial charge in [-0.25, -0.2) is 4.98 Å². The molecule has 1 atom stereocenters. The van der Waals surface area contributed by atoms with E-state index < -0.39 is 11.9 Å².